The first-order valence-electron chi connectivity index (χ1n) is 5.98. The van der Waals surface area contributed by atoms with E-state index in [0.29, 0.717) is 15.8 Å². The second kappa shape index (κ2) is 5.64. The fourth-order valence-electron chi connectivity index (χ4n) is 1.95. The highest BCUT2D eigenvalue weighted by atomic mass is 35.5. The number of hydrogen-bond donors (Lipinski definition) is 0. The Bertz CT molecular complexity index is 750. The van der Waals surface area contributed by atoms with Crippen molar-refractivity contribution in [1.82, 2.24) is 14.5 Å². The average molecular weight is 324 g/mol. The number of aromatic nitrogens is 3. The summed E-state index contributed by atoms with van der Waals surface area (Å²) in [4.78, 5) is 8.78. The summed E-state index contributed by atoms with van der Waals surface area (Å²) in [5.74, 6) is 0.668. The fraction of sp³-hybridized carbons (Fsp3) is 0.143. The number of aryl methyl sites for hydroxylation is 1. The minimum Gasteiger partial charge on any atom is -0.334 e. The Morgan fingerprint density at radius 2 is 1.90 bits per heavy atom. The third kappa shape index (κ3) is 2.51. The van der Waals surface area contributed by atoms with Gasteiger partial charge in [-0.15, -0.1) is 0 Å². The van der Waals surface area contributed by atoms with E-state index in [1.807, 2.05) is 35.9 Å². The summed E-state index contributed by atoms with van der Waals surface area (Å²) in [5, 5.41) is 2.25. The molecule has 20 heavy (non-hydrogen) atoms. The lowest BCUT2D eigenvalue weighted by atomic mass is 10.2. The van der Waals surface area contributed by atoms with E-state index < -0.39 is 0 Å². The molecule has 0 N–H and O–H groups in total. The molecule has 1 aromatic carbocycles. The van der Waals surface area contributed by atoms with Crippen LogP contribution in [0.15, 0.2) is 41.8 Å². The molecular weight excluding hydrogens is 313 g/mol. The minimum absolute atomic E-state index is 0.668. The van der Waals surface area contributed by atoms with Crippen LogP contribution in [-0.4, -0.2) is 14.5 Å². The van der Waals surface area contributed by atoms with Crippen molar-refractivity contribution in [1.29, 1.82) is 0 Å². The van der Waals surface area contributed by atoms with Crippen LogP contribution in [0.3, 0.4) is 0 Å². The van der Waals surface area contributed by atoms with Crippen LogP contribution in [-0.2, 0) is 12.8 Å². The molecule has 0 amide bonds. The number of rotatable bonds is 3. The van der Waals surface area contributed by atoms with E-state index in [0.717, 1.165) is 21.6 Å². The molecule has 2 aromatic heterocycles. The molecule has 0 spiro atoms. The van der Waals surface area contributed by atoms with Crippen LogP contribution < -0.4 is 0 Å². The monoisotopic (exact) mass is 323 g/mol. The number of benzene rings is 1. The van der Waals surface area contributed by atoms with Crippen molar-refractivity contribution in [3.8, 4) is 0 Å². The second-order valence-corrected chi connectivity index (χ2v) is 6.11. The van der Waals surface area contributed by atoms with Gasteiger partial charge in [-0.25, -0.2) is 9.97 Å². The first-order chi connectivity index (χ1) is 9.66. The highest BCUT2D eigenvalue weighted by molar-refractivity contribution is 7.98. The first kappa shape index (κ1) is 13.7. The number of fused-ring (bicyclic) bond motifs is 1. The van der Waals surface area contributed by atoms with E-state index >= 15 is 0 Å². The maximum Gasteiger partial charge on any atom is 0.124 e. The van der Waals surface area contributed by atoms with Crippen LogP contribution in [0, 0.1) is 0 Å². The lowest BCUT2D eigenvalue weighted by Gasteiger charge is -2.06. The Labute approximate surface area is 130 Å². The van der Waals surface area contributed by atoms with Gasteiger partial charge in [0.25, 0.3) is 0 Å². The molecule has 0 unspecified atom stereocenters. The van der Waals surface area contributed by atoms with Gasteiger partial charge in [-0.05, 0) is 23.8 Å². The molecule has 0 bridgehead atoms. The zero-order chi connectivity index (χ0) is 14.1. The Morgan fingerprint density at radius 1 is 1.15 bits per heavy atom. The van der Waals surface area contributed by atoms with Crippen molar-refractivity contribution in [2.24, 2.45) is 7.05 Å². The van der Waals surface area contributed by atoms with Crippen molar-refractivity contribution in [3.63, 3.8) is 0 Å². The standard InChI is InChI=1S/C14H11Cl2N3S/c1-19-8-18-13-12(19)5-6-17-14(13)20-7-9-10(15)3-2-4-11(9)16/h2-6,8H,7H2,1H3. The van der Waals surface area contributed by atoms with Crippen molar-refractivity contribution >= 4 is 46.0 Å². The van der Waals surface area contributed by atoms with Crippen LogP contribution >= 0.6 is 35.0 Å². The number of halogens is 2. The van der Waals surface area contributed by atoms with Gasteiger partial charge in [-0.1, -0.05) is 41.0 Å². The molecule has 0 fully saturated rings. The minimum atomic E-state index is 0.668. The lowest BCUT2D eigenvalue weighted by molar-refractivity contribution is 0.947. The molecule has 6 heteroatoms. The van der Waals surface area contributed by atoms with Crippen LogP contribution in [0.2, 0.25) is 10.0 Å². The summed E-state index contributed by atoms with van der Waals surface area (Å²) < 4.78 is 1.98. The van der Waals surface area contributed by atoms with Crippen molar-refractivity contribution in [2.75, 3.05) is 0 Å². The SMILES string of the molecule is Cn1cnc2c(SCc3c(Cl)cccc3Cl)nccc21. The summed E-state index contributed by atoms with van der Waals surface area (Å²) in [7, 11) is 1.97. The van der Waals surface area contributed by atoms with Crippen LogP contribution in [0.4, 0.5) is 0 Å². The summed E-state index contributed by atoms with van der Waals surface area (Å²) in [6.45, 7) is 0. The third-order valence-corrected chi connectivity index (χ3v) is 4.74. The van der Waals surface area contributed by atoms with Gasteiger partial charge in [-0.2, -0.15) is 0 Å². The largest absolute Gasteiger partial charge is 0.334 e. The van der Waals surface area contributed by atoms with Crippen LogP contribution in [0.5, 0.6) is 0 Å². The Morgan fingerprint density at radius 3 is 2.65 bits per heavy atom. The first-order valence-corrected chi connectivity index (χ1v) is 7.72. The third-order valence-electron chi connectivity index (χ3n) is 3.02. The van der Waals surface area contributed by atoms with Gasteiger partial charge in [-0.3, -0.25) is 0 Å². The van der Waals surface area contributed by atoms with Gasteiger partial charge in [0.15, 0.2) is 0 Å². The molecule has 0 aliphatic rings. The van der Waals surface area contributed by atoms with Gasteiger partial charge < -0.3 is 4.57 Å². The average Bonchev–Trinajstić information content (AvgIpc) is 2.81. The lowest BCUT2D eigenvalue weighted by Crippen LogP contribution is -1.89. The smallest absolute Gasteiger partial charge is 0.124 e. The summed E-state index contributed by atoms with van der Waals surface area (Å²) in [5.41, 5.74) is 2.89. The van der Waals surface area contributed by atoms with Gasteiger partial charge in [0.05, 0.1) is 11.8 Å². The molecule has 0 radical (unpaired) electrons. The Kier molecular flexibility index (Phi) is 3.87. The molecule has 0 saturated heterocycles. The van der Waals surface area contributed by atoms with Crippen LogP contribution in [0.25, 0.3) is 11.0 Å². The zero-order valence-corrected chi connectivity index (χ0v) is 13.0. The highest BCUT2D eigenvalue weighted by Crippen LogP contribution is 2.32. The predicted octanol–water partition coefficient (Wildman–Crippen LogP) is 4.57. The Balaban J connectivity index is 1.91. The molecule has 102 valence electrons. The number of thioether (sulfide) groups is 1. The normalized spacial score (nSPS) is 11.2. The van der Waals surface area contributed by atoms with Crippen molar-refractivity contribution in [2.45, 2.75) is 10.8 Å². The maximum absolute atomic E-state index is 6.18. The molecule has 0 atom stereocenters. The summed E-state index contributed by atoms with van der Waals surface area (Å²) in [6.07, 6.45) is 3.58. The molecule has 3 rings (SSSR count). The topological polar surface area (TPSA) is 30.7 Å². The molecule has 0 saturated carbocycles. The molecular formula is C14H11Cl2N3S. The van der Waals surface area contributed by atoms with E-state index in [4.69, 9.17) is 23.2 Å². The van der Waals surface area contributed by atoms with Gasteiger partial charge in [0.2, 0.25) is 0 Å². The van der Waals surface area contributed by atoms with E-state index in [1.165, 1.54) is 0 Å². The number of hydrogen-bond acceptors (Lipinski definition) is 3. The van der Waals surface area contributed by atoms with Gasteiger partial charge in [0.1, 0.15) is 10.5 Å². The van der Waals surface area contributed by atoms with Gasteiger partial charge >= 0.3 is 0 Å². The summed E-state index contributed by atoms with van der Waals surface area (Å²) in [6, 6.07) is 7.49. The summed E-state index contributed by atoms with van der Waals surface area (Å²) >= 11 is 13.9. The second-order valence-electron chi connectivity index (χ2n) is 4.33. The van der Waals surface area contributed by atoms with Crippen molar-refractivity contribution in [3.05, 3.63) is 52.4 Å². The molecule has 2 heterocycles. The van der Waals surface area contributed by atoms with E-state index in [9.17, 15) is 0 Å². The highest BCUT2D eigenvalue weighted by Gasteiger charge is 2.10. The number of imidazole rings is 1. The fourth-order valence-corrected chi connectivity index (χ4v) is 3.67. The van der Waals surface area contributed by atoms with Crippen LogP contribution in [0.1, 0.15) is 5.56 Å². The quantitative estimate of drug-likeness (QED) is 0.661. The van der Waals surface area contributed by atoms with E-state index in [1.54, 1.807) is 24.3 Å². The zero-order valence-electron chi connectivity index (χ0n) is 10.7. The van der Waals surface area contributed by atoms with Crippen molar-refractivity contribution < 1.29 is 0 Å². The number of pyridine rings is 1. The maximum atomic E-state index is 6.18. The van der Waals surface area contributed by atoms with Gasteiger partial charge in [0, 0.05) is 29.0 Å². The number of nitrogens with zero attached hydrogens (tertiary/aromatic N) is 3. The molecule has 0 aliphatic heterocycles. The van der Waals surface area contributed by atoms with E-state index in [-0.39, 0.29) is 0 Å². The molecule has 3 aromatic rings. The Hall–Kier alpha value is -1.23. The van der Waals surface area contributed by atoms with E-state index in [2.05, 4.69) is 9.97 Å². The predicted molar refractivity (Wildman–Crippen MR) is 84.5 cm³/mol. The molecule has 3 nitrogen and oxygen atoms in total. The molecule has 0 aliphatic carbocycles.